The molecule has 2 aromatic carbocycles. The Labute approximate surface area is 280 Å². The van der Waals surface area contributed by atoms with E-state index in [0.29, 0.717) is 29.5 Å². The molecule has 1 N–H and O–H groups in total. The first-order valence-corrected chi connectivity index (χ1v) is 18.3. The number of carbonyl (C=O) groups is 3. The van der Waals surface area contributed by atoms with E-state index in [1.54, 1.807) is 0 Å². The van der Waals surface area contributed by atoms with Crippen molar-refractivity contribution < 1.29 is 23.9 Å². The maximum absolute atomic E-state index is 13.6. The number of fused-ring (bicyclic) bond motifs is 8. The molecule has 5 aliphatic rings. The zero-order valence-corrected chi connectivity index (χ0v) is 28.9. The molecular weight excluding hydrogens is 586 g/mol. The third-order valence-corrected chi connectivity index (χ3v) is 13.9. The van der Waals surface area contributed by atoms with E-state index >= 15 is 0 Å². The Bertz CT molecular complexity index is 1490. The number of nitrogens with one attached hydrogen (secondary N) is 1. The molecule has 7 rings (SSSR count). The summed E-state index contributed by atoms with van der Waals surface area (Å²) in [7, 11) is 0. The third kappa shape index (κ3) is 5.52. The summed E-state index contributed by atoms with van der Waals surface area (Å²) in [6.07, 6.45) is 9.21. The van der Waals surface area contributed by atoms with Crippen LogP contribution in [-0.2, 0) is 19.1 Å². The molecule has 9 atom stereocenters. The van der Waals surface area contributed by atoms with Gasteiger partial charge in [0.05, 0.1) is 0 Å². The fourth-order valence-electron chi connectivity index (χ4n) is 11.5. The van der Waals surface area contributed by atoms with Crippen LogP contribution in [0.15, 0.2) is 48.5 Å². The Hall–Kier alpha value is -3.15. The number of alkyl carbamates (subject to hydrolysis) is 1. The molecule has 47 heavy (non-hydrogen) atoms. The average Bonchev–Trinajstić information content (AvgIpc) is 3.57. The zero-order chi connectivity index (χ0) is 33.1. The number of hydrogen-bond acceptors (Lipinski definition) is 5. The van der Waals surface area contributed by atoms with E-state index in [1.165, 1.54) is 43.2 Å². The van der Waals surface area contributed by atoms with Gasteiger partial charge in [-0.05, 0) is 127 Å². The lowest BCUT2D eigenvalue weighted by atomic mass is 9.44. The minimum Gasteiger partial charge on any atom is -0.461 e. The van der Waals surface area contributed by atoms with E-state index in [1.807, 2.05) is 45.0 Å². The van der Waals surface area contributed by atoms with Gasteiger partial charge < -0.3 is 14.8 Å². The van der Waals surface area contributed by atoms with Crippen LogP contribution in [0.25, 0.3) is 11.1 Å². The second kappa shape index (κ2) is 12.4. The number of ketones is 1. The monoisotopic (exact) mass is 639 g/mol. The summed E-state index contributed by atoms with van der Waals surface area (Å²) in [6, 6.07) is 15.8. The molecular formula is C41H53NO5. The van der Waals surface area contributed by atoms with Crippen LogP contribution in [0.1, 0.15) is 109 Å². The van der Waals surface area contributed by atoms with Crippen LogP contribution in [-0.4, -0.2) is 36.6 Å². The van der Waals surface area contributed by atoms with Gasteiger partial charge in [0, 0.05) is 11.8 Å². The normalized spacial score (nSPS) is 34.7. The van der Waals surface area contributed by atoms with Crippen molar-refractivity contribution in [2.45, 2.75) is 110 Å². The molecule has 0 heterocycles. The predicted molar refractivity (Wildman–Crippen MR) is 183 cm³/mol. The maximum Gasteiger partial charge on any atom is 0.407 e. The van der Waals surface area contributed by atoms with Crippen molar-refractivity contribution in [3.8, 4) is 11.1 Å². The van der Waals surface area contributed by atoms with Crippen molar-refractivity contribution in [3.63, 3.8) is 0 Å². The van der Waals surface area contributed by atoms with Gasteiger partial charge in [-0.2, -0.15) is 0 Å². The molecule has 0 spiro atoms. The lowest BCUT2D eigenvalue weighted by Crippen LogP contribution is -2.55. The molecule has 0 aromatic heterocycles. The van der Waals surface area contributed by atoms with Crippen molar-refractivity contribution in [1.82, 2.24) is 5.32 Å². The van der Waals surface area contributed by atoms with E-state index < -0.39 is 12.1 Å². The molecule has 6 heteroatoms. The summed E-state index contributed by atoms with van der Waals surface area (Å²) >= 11 is 0. The number of benzene rings is 2. The fourth-order valence-corrected chi connectivity index (χ4v) is 11.5. The van der Waals surface area contributed by atoms with E-state index in [2.05, 4.69) is 43.4 Å². The first-order chi connectivity index (χ1) is 22.5. The van der Waals surface area contributed by atoms with Crippen LogP contribution >= 0.6 is 0 Å². The number of Topliss-reactive ketones (excluding diaryl/α,β-unsaturated/α-hetero) is 1. The summed E-state index contributed by atoms with van der Waals surface area (Å²) in [5.41, 5.74) is 5.11. The zero-order valence-electron chi connectivity index (χ0n) is 28.9. The second-order valence-electron chi connectivity index (χ2n) is 16.5. The van der Waals surface area contributed by atoms with E-state index in [4.69, 9.17) is 9.47 Å². The Kier molecular flexibility index (Phi) is 8.54. The quantitative estimate of drug-likeness (QED) is 0.307. The largest absolute Gasteiger partial charge is 0.461 e. The third-order valence-electron chi connectivity index (χ3n) is 13.9. The van der Waals surface area contributed by atoms with Gasteiger partial charge in [0.2, 0.25) is 0 Å². The fraction of sp³-hybridized carbons (Fsp3) is 0.634. The van der Waals surface area contributed by atoms with Gasteiger partial charge in [-0.15, -0.1) is 0 Å². The van der Waals surface area contributed by atoms with E-state index in [-0.39, 0.29) is 47.3 Å². The minimum absolute atomic E-state index is 0.0358. The Balaban J connectivity index is 0.953. The van der Waals surface area contributed by atoms with E-state index in [0.717, 1.165) is 36.8 Å². The number of ether oxygens (including phenoxy) is 2. The molecule has 0 aliphatic heterocycles. The number of carbonyl (C=O) groups excluding carboxylic acids is 3. The number of esters is 1. The van der Waals surface area contributed by atoms with Gasteiger partial charge in [-0.3, -0.25) is 4.79 Å². The van der Waals surface area contributed by atoms with Gasteiger partial charge in [0.15, 0.2) is 0 Å². The van der Waals surface area contributed by atoms with Crippen LogP contribution in [0.5, 0.6) is 0 Å². The molecule has 2 aromatic rings. The summed E-state index contributed by atoms with van der Waals surface area (Å²) in [5.74, 6) is 2.72. The summed E-state index contributed by atoms with van der Waals surface area (Å²) in [5, 5.41) is 2.86. The van der Waals surface area contributed by atoms with Crippen molar-refractivity contribution in [1.29, 1.82) is 0 Å². The van der Waals surface area contributed by atoms with Crippen molar-refractivity contribution in [3.05, 3.63) is 59.7 Å². The van der Waals surface area contributed by atoms with Gasteiger partial charge in [-0.25, -0.2) is 9.59 Å². The van der Waals surface area contributed by atoms with Gasteiger partial charge in [-0.1, -0.05) is 76.2 Å². The average molecular weight is 640 g/mol. The Morgan fingerprint density at radius 1 is 0.830 bits per heavy atom. The molecule has 3 unspecified atom stereocenters. The highest BCUT2D eigenvalue weighted by molar-refractivity contribution is 5.82. The lowest BCUT2D eigenvalue weighted by molar-refractivity contribution is -0.166. The second-order valence-corrected chi connectivity index (χ2v) is 16.5. The summed E-state index contributed by atoms with van der Waals surface area (Å²) in [6.45, 7) is 10.8. The Morgan fingerprint density at radius 2 is 1.47 bits per heavy atom. The molecule has 5 aliphatic carbocycles. The van der Waals surface area contributed by atoms with Gasteiger partial charge >= 0.3 is 12.1 Å². The first kappa shape index (κ1) is 32.4. The highest BCUT2D eigenvalue weighted by atomic mass is 16.6. The Morgan fingerprint density at radius 3 is 2.13 bits per heavy atom. The molecule has 6 nitrogen and oxygen atoms in total. The first-order valence-electron chi connectivity index (χ1n) is 18.3. The van der Waals surface area contributed by atoms with Crippen molar-refractivity contribution in [2.24, 2.45) is 46.3 Å². The van der Waals surface area contributed by atoms with Gasteiger partial charge in [0.25, 0.3) is 0 Å². The topological polar surface area (TPSA) is 81.7 Å². The molecule has 0 saturated heterocycles. The van der Waals surface area contributed by atoms with Crippen LogP contribution < -0.4 is 5.32 Å². The van der Waals surface area contributed by atoms with Crippen LogP contribution in [0, 0.1) is 46.3 Å². The SMILES string of the molecule is CC(=O)[C@H]1CCC2C3CC[C@@H]4C[C@H](OC(=O)[C@@H](NC(=O)OCC5c6ccccc6-c6ccccc65)C(C)C)CC[C@]4(C)C3CC[C@@]21C. The summed E-state index contributed by atoms with van der Waals surface area (Å²) < 4.78 is 12.0. The van der Waals surface area contributed by atoms with Crippen LogP contribution in [0.4, 0.5) is 4.79 Å². The predicted octanol–water partition coefficient (Wildman–Crippen LogP) is 8.71. The van der Waals surface area contributed by atoms with Gasteiger partial charge in [0.1, 0.15) is 24.5 Å². The highest BCUT2D eigenvalue weighted by Gasteiger charge is 2.61. The minimum atomic E-state index is -0.762. The maximum atomic E-state index is 13.6. The lowest BCUT2D eigenvalue weighted by Gasteiger charge is -2.61. The molecule has 4 saturated carbocycles. The number of amides is 1. The molecule has 0 radical (unpaired) electrons. The molecule has 1 amide bonds. The van der Waals surface area contributed by atoms with E-state index in [9.17, 15) is 14.4 Å². The van der Waals surface area contributed by atoms with Crippen molar-refractivity contribution in [2.75, 3.05) is 6.61 Å². The highest BCUT2D eigenvalue weighted by Crippen LogP contribution is 2.67. The van der Waals surface area contributed by atoms with Crippen LogP contribution in [0.3, 0.4) is 0 Å². The molecule has 4 fully saturated rings. The standard InChI is InChI=1S/C41H53NO5/c1-24(2)37(42-39(45)46-23-33-30-12-8-6-10-28(30)29-11-7-9-13-31(29)33)38(44)47-27-18-20-40(4)26(22-27)14-15-32-35-17-16-34(25(3)43)41(35,5)21-19-36(32)40/h6-13,24,26-27,32-37H,14-23H2,1-5H3,(H,42,45)/t26-,27-,32?,34-,35?,36?,37+,40+,41-/m1/s1. The number of hydrogen-bond donors (Lipinski definition) is 1. The molecule has 252 valence electrons. The number of rotatable bonds is 7. The smallest absolute Gasteiger partial charge is 0.407 e. The van der Waals surface area contributed by atoms with Crippen molar-refractivity contribution >= 4 is 17.8 Å². The summed E-state index contributed by atoms with van der Waals surface area (Å²) in [4.78, 5) is 39.2. The molecule has 0 bridgehead atoms. The van der Waals surface area contributed by atoms with Crippen LogP contribution in [0.2, 0.25) is 0 Å².